The number of nitrogens with two attached hydrogens (primary N) is 2. The van der Waals surface area contributed by atoms with Crippen LogP contribution < -0.4 is 16.4 Å². The molecule has 1 saturated heterocycles. The molecule has 0 spiro atoms. The van der Waals surface area contributed by atoms with Crippen molar-refractivity contribution in [2.45, 2.75) is 12.6 Å². The van der Waals surface area contributed by atoms with Crippen LogP contribution in [0.15, 0.2) is 19.0 Å². The first kappa shape index (κ1) is 14.4. The quantitative estimate of drug-likeness (QED) is 0.761. The van der Waals surface area contributed by atoms with Crippen molar-refractivity contribution in [2.75, 3.05) is 11.4 Å². The first-order chi connectivity index (χ1) is 9.47. The molecule has 0 aromatic carbocycles. The van der Waals surface area contributed by atoms with Crippen LogP contribution in [-0.2, 0) is 4.79 Å². The van der Waals surface area contributed by atoms with Crippen LogP contribution in [0.4, 0.5) is 5.82 Å². The predicted molar refractivity (Wildman–Crippen MR) is 74.2 cm³/mol. The lowest BCUT2D eigenvalue weighted by molar-refractivity contribution is -0.118. The Labute approximate surface area is 120 Å². The number of hydrogen-bond donors (Lipinski definition) is 2. The molecule has 20 heavy (non-hydrogen) atoms. The maximum absolute atomic E-state index is 11.7. The summed E-state index contributed by atoms with van der Waals surface area (Å²) in [6.45, 7) is 3.96. The minimum Gasteiger partial charge on any atom is -0.364 e. The van der Waals surface area contributed by atoms with Gasteiger partial charge in [0.2, 0.25) is 0 Å². The molecule has 106 valence electrons. The average Bonchev–Trinajstić information content (AvgIpc) is 2.79. The van der Waals surface area contributed by atoms with Gasteiger partial charge in [0.25, 0.3) is 5.91 Å². The number of nitrogens with zero attached hydrogens (tertiary/aromatic N) is 3. The smallest absolute Gasteiger partial charge is 0.269 e. The molecule has 0 aliphatic carbocycles. The molecule has 2 rings (SSSR count). The Hall–Kier alpha value is -1.99. The standard InChI is InChI=1S/C12H14ClN5O2/c1-2-7(19)6-3-4-18(10(6)14)12-8(13)9(11(15)20)16-5-17-12/h2,5-6,10H,1,3-4,14H2,(H2,15,20). The molecule has 1 fully saturated rings. The SMILES string of the molecule is C=CC(=O)C1CCN(c2ncnc(C(N)=O)c2Cl)C1N. The molecule has 2 atom stereocenters. The van der Waals surface area contributed by atoms with Crippen LogP contribution in [0, 0.1) is 5.92 Å². The number of amides is 1. The minimum absolute atomic E-state index is 0.0437. The molecule has 0 radical (unpaired) electrons. The lowest BCUT2D eigenvalue weighted by atomic mass is 10.0. The van der Waals surface area contributed by atoms with Gasteiger partial charge in [-0.3, -0.25) is 9.59 Å². The lowest BCUT2D eigenvalue weighted by Crippen LogP contribution is -2.43. The Bertz CT molecular complexity index is 577. The van der Waals surface area contributed by atoms with Gasteiger partial charge in [0.05, 0.1) is 12.1 Å². The zero-order chi connectivity index (χ0) is 14.9. The van der Waals surface area contributed by atoms with E-state index in [4.69, 9.17) is 23.1 Å². The van der Waals surface area contributed by atoms with Gasteiger partial charge in [0.15, 0.2) is 17.3 Å². The fourth-order valence-electron chi connectivity index (χ4n) is 2.26. The lowest BCUT2D eigenvalue weighted by Gasteiger charge is -2.25. The number of primary amides is 1. The van der Waals surface area contributed by atoms with Crippen molar-refractivity contribution in [3.63, 3.8) is 0 Å². The zero-order valence-electron chi connectivity index (χ0n) is 10.6. The summed E-state index contributed by atoms with van der Waals surface area (Å²) in [6.07, 6.45) is 2.44. The van der Waals surface area contributed by atoms with Gasteiger partial charge < -0.3 is 16.4 Å². The summed E-state index contributed by atoms with van der Waals surface area (Å²) < 4.78 is 0. The second-order valence-corrected chi connectivity index (χ2v) is 4.79. The van der Waals surface area contributed by atoms with E-state index in [9.17, 15) is 9.59 Å². The Balaban J connectivity index is 2.34. The molecule has 1 amide bonds. The molecule has 1 aromatic rings. The largest absolute Gasteiger partial charge is 0.364 e. The third-order valence-corrected chi connectivity index (χ3v) is 3.64. The Morgan fingerprint density at radius 1 is 1.50 bits per heavy atom. The van der Waals surface area contributed by atoms with E-state index in [0.717, 1.165) is 0 Å². The van der Waals surface area contributed by atoms with Gasteiger partial charge in [-0.25, -0.2) is 9.97 Å². The summed E-state index contributed by atoms with van der Waals surface area (Å²) in [7, 11) is 0. The average molecular weight is 296 g/mol. The highest BCUT2D eigenvalue weighted by molar-refractivity contribution is 6.35. The molecule has 2 heterocycles. The van der Waals surface area contributed by atoms with E-state index >= 15 is 0 Å². The Morgan fingerprint density at radius 3 is 2.80 bits per heavy atom. The van der Waals surface area contributed by atoms with E-state index in [1.807, 2.05) is 0 Å². The van der Waals surface area contributed by atoms with Crippen molar-refractivity contribution in [3.05, 3.63) is 29.7 Å². The van der Waals surface area contributed by atoms with E-state index in [1.165, 1.54) is 12.4 Å². The van der Waals surface area contributed by atoms with Gasteiger partial charge in [-0.2, -0.15) is 0 Å². The van der Waals surface area contributed by atoms with Gasteiger partial charge in [0.1, 0.15) is 11.3 Å². The number of anilines is 1. The normalized spacial score (nSPS) is 21.8. The molecular weight excluding hydrogens is 282 g/mol. The highest BCUT2D eigenvalue weighted by Crippen LogP contribution is 2.32. The van der Waals surface area contributed by atoms with Crippen molar-refractivity contribution in [2.24, 2.45) is 17.4 Å². The first-order valence-electron chi connectivity index (χ1n) is 5.96. The molecule has 1 aliphatic rings. The monoisotopic (exact) mass is 295 g/mol. The number of carbonyl (C=O) groups excluding carboxylic acids is 2. The van der Waals surface area contributed by atoms with E-state index in [0.29, 0.717) is 18.8 Å². The Kier molecular flexibility index (Phi) is 4.01. The third kappa shape index (κ3) is 2.37. The number of ketones is 1. The van der Waals surface area contributed by atoms with Crippen molar-refractivity contribution >= 4 is 29.1 Å². The van der Waals surface area contributed by atoms with Crippen LogP contribution in [0.2, 0.25) is 5.02 Å². The highest BCUT2D eigenvalue weighted by Gasteiger charge is 2.37. The van der Waals surface area contributed by atoms with Gasteiger partial charge in [0, 0.05) is 6.54 Å². The van der Waals surface area contributed by atoms with E-state index in [2.05, 4.69) is 16.5 Å². The fraction of sp³-hybridized carbons (Fsp3) is 0.333. The summed E-state index contributed by atoms with van der Waals surface area (Å²) >= 11 is 6.08. The van der Waals surface area contributed by atoms with Crippen LogP contribution in [0.5, 0.6) is 0 Å². The van der Waals surface area contributed by atoms with Crippen molar-refractivity contribution < 1.29 is 9.59 Å². The second-order valence-electron chi connectivity index (χ2n) is 4.41. The molecule has 7 nitrogen and oxygen atoms in total. The summed E-state index contributed by atoms with van der Waals surface area (Å²) in [5.41, 5.74) is 11.2. The summed E-state index contributed by atoms with van der Waals surface area (Å²) in [6, 6.07) is 0. The van der Waals surface area contributed by atoms with Crippen LogP contribution in [0.25, 0.3) is 0 Å². The van der Waals surface area contributed by atoms with Crippen molar-refractivity contribution in [1.29, 1.82) is 0 Å². The molecule has 4 N–H and O–H groups in total. The summed E-state index contributed by atoms with van der Waals surface area (Å²) in [5, 5.41) is 0.0437. The topological polar surface area (TPSA) is 115 Å². The molecule has 2 unspecified atom stereocenters. The van der Waals surface area contributed by atoms with Crippen molar-refractivity contribution in [1.82, 2.24) is 9.97 Å². The van der Waals surface area contributed by atoms with Crippen molar-refractivity contribution in [3.8, 4) is 0 Å². The predicted octanol–water partition coefficient (Wildman–Crippen LogP) is 0.0951. The number of hydrogen-bond acceptors (Lipinski definition) is 6. The molecular formula is C12H14ClN5O2. The Morgan fingerprint density at radius 2 is 2.20 bits per heavy atom. The van der Waals surface area contributed by atoms with Gasteiger partial charge in [-0.1, -0.05) is 18.2 Å². The molecule has 0 saturated carbocycles. The molecule has 1 aliphatic heterocycles. The van der Waals surface area contributed by atoms with Gasteiger partial charge in [-0.05, 0) is 12.5 Å². The fourth-order valence-corrected chi connectivity index (χ4v) is 2.56. The highest BCUT2D eigenvalue weighted by atomic mass is 35.5. The van der Waals surface area contributed by atoms with E-state index < -0.39 is 12.1 Å². The van der Waals surface area contributed by atoms with Gasteiger partial charge >= 0.3 is 0 Å². The summed E-state index contributed by atoms with van der Waals surface area (Å²) in [4.78, 5) is 32.4. The summed E-state index contributed by atoms with van der Waals surface area (Å²) in [5.74, 6) is -0.927. The zero-order valence-corrected chi connectivity index (χ0v) is 11.4. The molecule has 1 aromatic heterocycles. The van der Waals surface area contributed by atoms with Crippen LogP contribution in [0.1, 0.15) is 16.9 Å². The van der Waals surface area contributed by atoms with Gasteiger partial charge in [-0.15, -0.1) is 0 Å². The maximum Gasteiger partial charge on any atom is 0.269 e. The molecule has 8 heteroatoms. The van der Waals surface area contributed by atoms with Crippen LogP contribution >= 0.6 is 11.6 Å². The van der Waals surface area contributed by atoms with E-state index in [1.54, 1.807) is 4.90 Å². The van der Waals surface area contributed by atoms with Crippen LogP contribution in [-0.4, -0.2) is 34.4 Å². The minimum atomic E-state index is -0.745. The number of aromatic nitrogens is 2. The second kappa shape index (κ2) is 5.56. The van der Waals surface area contributed by atoms with E-state index in [-0.39, 0.29) is 22.4 Å². The number of rotatable bonds is 4. The number of carbonyl (C=O) groups is 2. The first-order valence-corrected chi connectivity index (χ1v) is 6.34. The number of halogens is 1. The third-order valence-electron chi connectivity index (χ3n) is 3.30. The number of allylic oxidation sites excluding steroid dienone is 1. The molecule has 0 bridgehead atoms. The maximum atomic E-state index is 11.7. The van der Waals surface area contributed by atoms with Crippen LogP contribution in [0.3, 0.4) is 0 Å².